The van der Waals surface area contributed by atoms with E-state index in [1.165, 1.54) is 5.56 Å². The van der Waals surface area contributed by atoms with Gasteiger partial charge in [0.05, 0.1) is 5.69 Å². The quantitative estimate of drug-likeness (QED) is 0.653. The van der Waals surface area contributed by atoms with E-state index in [4.69, 9.17) is 23.2 Å². The molecule has 1 aliphatic rings. The Labute approximate surface area is 122 Å². The smallest absolute Gasteiger partial charge is 0.132 e. The predicted molar refractivity (Wildman–Crippen MR) is 81.7 cm³/mol. The molecule has 3 rings (SSSR count). The fraction of sp³-hybridized carbons (Fsp3) is 0.188. The van der Waals surface area contributed by atoms with Crippen LogP contribution in [0.4, 0.5) is 5.69 Å². The number of hydrogen-bond acceptors (Lipinski definition) is 1. The maximum Gasteiger partial charge on any atom is 0.132 e. The standard InChI is InChI=1S/C16H13Cl2N/c17-15-16(18,13-7-2-1-3-8-13)11-10-12-6-4-5-9-14(12)19-15/h1-9H,10-11H2/t16-/m0/s1. The van der Waals surface area contributed by atoms with E-state index in [1.807, 2.05) is 48.5 Å². The van der Waals surface area contributed by atoms with E-state index in [-0.39, 0.29) is 0 Å². The highest BCUT2D eigenvalue weighted by molar-refractivity contribution is 6.72. The Morgan fingerprint density at radius 3 is 2.42 bits per heavy atom. The predicted octanol–water partition coefficient (Wildman–Crippen LogP) is 5.04. The fourth-order valence-electron chi connectivity index (χ4n) is 2.40. The summed E-state index contributed by atoms with van der Waals surface area (Å²) in [5.74, 6) is 0. The lowest BCUT2D eigenvalue weighted by atomic mass is 9.93. The van der Waals surface area contributed by atoms with Gasteiger partial charge in [-0.2, -0.15) is 0 Å². The minimum Gasteiger partial charge on any atom is -0.239 e. The number of aryl methyl sites for hydroxylation is 1. The van der Waals surface area contributed by atoms with Crippen molar-refractivity contribution >= 4 is 34.1 Å². The molecule has 0 unspecified atom stereocenters. The second kappa shape index (κ2) is 4.99. The maximum atomic E-state index is 6.78. The number of nitrogens with zero attached hydrogens (tertiary/aromatic N) is 1. The summed E-state index contributed by atoms with van der Waals surface area (Å²) in [4.78, 5) is 3.80. The van der Waals surface area contributed by atoms with Gasteiger partial charge >= 0.3 is 0 Å². The third-order valence-corrected chi connectivity index (χ3v) is 4.60. The average molecular weight is 290 g/mol. The minimum absolute atomic E-state index is 0.449. The Balaban J connectivity index is 2.08. The summed E-state index contributed by atoms with van der Waals surface area (Å²) < 4.78 is 0. The topological polar surface area (TPSA) is 12.4 Å². The first-order valence-corrected chi connectivity index (χ1v) is 7.03. The van der Waals surface area contributed by atoms with Crippen LogP contribution >= 0.6 is 23.2 Å². The zero-order valence-corrected chi connectivity index (χ0v) is 11.8. The van der Waals surface area contributed by atoms with Crippen LogP contribution in [0.25, 0.3) is 0 Å². The molecule has 2 aromatic rings. The number of halogens is 2. The lowest BCUT2D eigenvalue weighted by Crippen LogP contribution is -2.26. The first-order chi connectivity index (χ1) is 9.20. The Morgan fingerprint density at radius 2 is 1.63 bits per heavy atom. The molecule has 96 valence electrons. The van der Waals surface area contributed by atoms with Crippen LogP contribution in [-0.4, -0.2) is 5.17 Å². The molecule has 3 heteroatoms. The molecule has 1 nitrogen and oxygen atoms in total. The summed E-state index contributed by atoms with van der Waals surface area (Å²) in [7, 11) is 0. The zero-order valence-electron chi connectivity index (χ0n) is 10.3. The van der Waals surface area contributed by atoms with Gasteiger partial charge in [0, 0.05) is 0 Å². The Morgan fingerprint density at radius 1 is 0.947 bits per heavy atom. The van der Waals surface area contributed by atoms with Gasteiger partial charge in [-0.3, -0.25) is 0 Å². The van der Waals surface area contributed by atoms with E-state index in [1.54, 1.807) is 0 Å². The van der Waals surface area contributed by atoms with E-state index >= 15 is 0 Å². The maximum absolute atomic E-state index is 6.78. The second-order valence-corrected chi connectivity index (χ2v) is 5.70. The monoisotopic (exact) mass is 289 g/mol. The van der Waals surface area contributed by atoms with Crippen molar-refractivity contribution in [3.05, 3.63) is 65.7 Å². The molecule has 1 aliphatic heterocycles. The molecule has 0 amide bonds. The molecule has 1 heterocycles. The van der Waals surface area contributed by atoms with Crippen LogP contribution in [0, 0.1) is 0 Å². The third-order valence-electron chi connectivity index (χ3n) is 3.51. The molecule has 0 radical (unpaired) electrons. The van der Waals surface area contributed by atoms with Crippen LogP contribution in [-0.2, 0) is 11.3 Å². The largest absolute Gasteiger partial charge is 0.239 e. The van der Waals surface area contributed by atoms with Gasteiger partial charge in [0.15, 0.2) is 0 Å². The van der Waals surface area contributed by atoms with Crippen molar-refractivity contribution in [2.75, 3.05) is 0 Å². The van der Waals surface area contributed by atoms with Gasteiger partial charge in [-0.25, -0.2) is 4.99 Å². The molecule has 1 atom stereocenters. The summed E-state index contributed by atoms with van der Waals surface area (Å²) >= 11 is 13.2. The van der Waals surface area contributed by atoms with Crippen molar-refractivity contribution in [1.29, 1.82) is 0 Å². The number of fused-ring (bicyclic) bond motifs is 1. The SMILES string of the molecule is ClC1=Nc2ccccc2CC[C@]1(Cl)c1ccccc1. The molecule has 0 N–H and O–H groups in total. The van der Waals surface area contributed by atoms with Gasteiger partial charge in [0.2, 0.25) is 0 Å². The van der Waals surface area contributed by atoms with Gasteiger partial charge in [0.1, 0.15) is 10.0 Å². The van der Waals surface area contributed by atoms with Gasteiger partial charge in [-0.05, 0) is 30.0 Å². The number of benzene rings is 2. The van der Waals surface area contributed by atoms with Crippen LogP contribution in [0.2, 0.25) is 0 Å². The first kappa shape index (κ1) is 12.7. The summed E-state index contributed by atoms with van der Waals surface area (Å²) in [5, 5.41) is 0.449. The van der Waals surface area contributed by atoms with Gasteiger partial charge in [0.25, 0.3) is 0 Å². The van der Waals surface area contributed by atoms with Crippen LogP contribution in [0.5, 0.6) is 0 Å². The van der Waals surface area contributed by atoms with E-state index < -0.39 is 4.87 Å². The molecule has 0 bridgehead atoms. The lowest BCUT2D eigenvalue weighted by molar-refractivity contribution is 0.717. The minimum atomic E-state index is -0.720. The number of aliphatic imine (C=N–C) groups is 1. The third kappa shape index (κ3) is 2.29. The Bertz CT molecular complexity index is 622. The lowest BCUT2D eigenvalue weighted by Gasteiger charge is -2.24. The van der Waals surface area contributed by atoms with Crippen LogP contribution in [0.15, 0.2) is 59.6 Å². The molecule has 0 aliphatic carbocycles. The van der Waals surface area contributed by atoms with Crippen molar-refractivity contribution in [3.63, 3.8) is 0 Å². The highest BCUT2D eigenvalue weighted by Crippen LogP contribution is 2.41. The Kier molecular flexibility index (Phi) is 3.34. The average Bonchev–Trinajstić information content (AvgIpc) is 2.59. The molecular formula is C16H13Cl2N. The van der Waals surface area contributed by atoms with Crippen molar-refractivity contribution in [1.82, 2.24) is 0 Å². The molecule has 19 heavy (non-hydrogen) atoms. The van der Waals surface area contributed by atoms with Gasteiger partial charge in [-0.1, -0.05) is 60.1 Å². The second-order valence-electron chi connectivity index (χ2n) is 4.70. The molecule has 0 saturated heterocycles. The molecule has 0 spiro atoms. The van der Waals surface area contributed by atoms with Crippen molar-refractivity contribution in [2.45, 2.75) is 17.7 Å². The van der Waals surface area contributed by atoms with Gasteiger partial charge < -0.3 is 0 Å². The fourth-order valence-corrected chi connectivity index (χ4v) is 2.96. The molecule has 0 fully saturated rings. The summed E-state index contributed by atoms with van der Waals surface area (Å²) in [5.41, 5.74) is 3.11. The van der Waals surface area contributed by atoms with E-state index in [0.29, 0.717) is 5.17 Å². The van der Waals surface area contributed by atoms with Gasteiger partial charge in [-0.15, -0.1) is 11.6 Å². The van der Waals surface area contributed by atoms with Crippen LogP contribution in [0.3, 0.4) is 0 Å². The normalized spacial score (nSPS) is 22.3. The highest BCUT2D eigenvalue weighted by Gasteiger charge is 2.36. The van der Waals surface area contributed by atoms with Crippen LogP contribution in [0.1, 0.15) is 17.5 Å². The summed E-state index contributed by atoms with van der Waals surface area (Å²) in [6, 6.07) is 18.0. The highest BCUT2D eigenvalue weighted by atomic mass is 35.5. The number of para-hydroxylation sites is 1. The van der Waals surface area contributed by atoms with Crippen molar-refractivity contribution in [3.8, 4) is 0 Å². The number of hydrogen-bond donors (Lipinski definition) is 0. The van der Waals surface area contributed by atoms with Crippen molar-refractivity contribution in [2.24, 2.45) is 4.99 Å². The molecular weight excluding hydrogens is 277 g/mol. The first-order valence-electron chi connectivity index (χ1n) is 6.27. The number of rotatable bonds is 1. The molecule has 0 aromatic heterocycles. The van der Waals surface area contributed by atoms with Crippen molar-refractivity contribution < 1.29 is 0 Å². The molecule has 2 aromatic carbocycles. The van der Waals surface area contributed by atoms with E-state index in [2.05, 4.69) is 11.1 Å². The van der Waals surface area contributed by atoms with E-state index in [0.717, 1.165) is 24.1 Å². The van der Waals surface area contributed by atoms with Crippen LogP contribution < -0.4 is 0 Å². The number of alkyl halides is 1. The summed E-state index contributed by atoms with van der Waals surface area (Å²) in [6.45, 7) is 0. The summed E-state index contributed by atoms with van der Waals surface area (Å²) in [6.07, 6.45) is 1.62. The molecule has 0 saturated carbocycles. The Hall–Kier alpha value is -1.31. The zero-order chi connectivity index (χ0) is 13.3. The van der Waals surface area contributed by atoms with E-state index in [9.17, 15) is 0 Å².